The molecule has 4 rings (SSSR count). The Balaban J connectivity index is 1.64. The Morgan fingerprint density at radius 2 is 2.00 bits per heavy atom. The summed E-state index contributed by atoms with van der Waals surface area (Å²) >= 11 is 0. The van der Waals surface area contributed by atoms with E-state index >= 15 is 0 Å². The second kappa shape index (κ2) is 5.50. The lowest BCUT2D eigenvalue weighted by atomic mass is 9.50. The number of carbonyl (C=O) groups is 1. The van der Waals surface area contributed by atoms with Crippen molar-refractivity contribution >= 4 is 5.78 Å². The van der Waals surface area contributed by atoms with Gasteiger partial charge in [-0.15, -0.1) is 6.42 Å². The molecule has 0 radical (unpaired) electrons. The molecule has 0 spiro atoms. The van der Waals surface area contributed by atoms with E-state index in [9.17, 15) is 9.90 Å². The van der Waals surface area contributed by atoms with Crippen LogP contribution in [0.2, 0.25) is 0 Å². The maximum Gasteiger partial charge on any atom is 0.155 e. The van der Waals surface area contributed by atoms with Crippen molar-refractivity contribution in [3.05, 3.63) is 11.6 Å². The molecule has 6 atom stereocenters. The number of allylic oxidation sites excluding steroid dienone is 1. The van der Waals surface area contributed by atoms with E-state index in [0.29, 0.717) is 29.5 Å². The number of fused-ring (bicyclic) bond motifs is 5. The molecule has 0 aromatic rings. The Morgan fingerprint density at radius 1 is 1.17 bits per heavy atom. The quantitative estimate of drug-likeness (QED) is 0.693. The van der Waals surface area contributed by atoms with Crippen LogP contribution in [0.3, 0.4) is 0 Å². The van der Waals surface area contributed by atoms with Gasteiger partial charge in [-0.25, -0.2) is 0 Å². The molecule has 0 unspecified atom stereocenters. The predicted octanol–water partition coefficient (Wildman–Crippen LogP) is 3.50. The third kappa shape index (κ3) is 2.13. The molecule has 2 heteroatoms. The highest BCUT2D eigenvalue weighted by Crippen LogP contribution is 2.64. The monoisotopic (exact) mass is 322 g/mol. The second-order valence-corrected chi connectivity index (χ2v) is 8.55. The molecule has 3 saturated carbocycles. The van der Waals surface area contributed by atoms with Crippen LogP contribution < -0.4 is 0 Å². The fourth-order valence-corrected chi connectivity index (χ4v) is 6.54. The lowest BCUT2D eigenvalue weighted by molar-refractivity contribution is -0.116. The number of ketones is 1. The number of hydrogen-bond donors (Lipinski definition) is 1. The van der Waals surface area contributed by atoms with Gasteiger partial charge in [0.1, 0.15) is 5.60 Å². The molecule has 0 aromatic carbocycles. The summed E-state index contributed by atoms with van der Waals surface area (Å²) in [5, 5.41) is 11.2. The summed E-state index contributed by atoms with van der Waals surface area (Å²) < 4.78 is 0. The van der Waals surface area contributed by atoms with Gasteiger partial charge in [-0.3, -0.25) is 4.79 Å². The van der Waals surface area contributed by atoms with Gasteiger partial charge >= 0.3 is 0 Å². The summed E-state index contributed by atoms with van der Waals surface area (Å²) in [4.78, 5) is 11.8. The van der Waals surface area contributed by atoms with Crippen molar-refractivity contribution in [2.24, 2.45) is 29.1 Å². The predicted molar refractivity (Wildman–Crippen MR) is 93.7 cm³/mol. The minimum atomic E-state index is -0.923. The van der Waals surface area contributed by atoms with Crippen LogP contribution >= 0.6 is 0 Å². The Bertz CT molecular complexity index is 700. The number of rotatable bonds is 0. The molecular weight excluding hydrogens is 296 g/mol. The Labute approximate surface area is 145 Å². The fraction of sp³-hybridized carbons (Fsp3) is 0.682. The van der Waals surface area contributed by atoms with Crippen LogP contribution in [-0.2, 0) is 4.79 Å². The first-order chi connectivity index (χ1) is 11.5. The van der Waals surface area contributed by atoms with Crippen LogP contribution in [0.15, 0.2) is 11.6 Å². The molecule has 0 bridgehead atoms. The molecule has 24 heavy (non-hydrogen) atoms. The van der Waals surface area contributed by atoms with Gasteiger partial charge in [-0.1, -0.05) is 18.4 Å². The van der Waals surface area contributed by atoms with Crippen LogP contribution in [-0.4, -0.2) is 16.5 Å². The van der Waals surface area contributed by atoms with E-state index in [4.69, 9.17) is 6.42 Å². The molecular formula is C22H26O2. The molecule has 1 N–H and O–H groups in total. The topological polar surface area (TPSA) is 37.3 Å². The van der Waals surface area contributed by atoms with E-state index in [0.717, 1.165) is 44.9 Å². The maximum absolute atomic E-state index is 11.8. The third-order valence-electron chi connectivity index (χ3n) is 7.79. The van der Waals surface area contributed by atoms with Gasteiger partial charge in [0.15, 0.2) is 5.78 Å². The summed E-state index contributed by atoms with van der Waals surface area (Å²) in [6, 6.07) is 0. The summed E-state index contributed by atoms with van der Waals surface area (Å²) in [5.74, 6) is 10.9. The number of carbonyl (C=O) groups excluding carboxylic acids is 1. The normalized spacial score (nSPS) is 46.5. The zero-order chi connectivity index (χ0) is 16.9. The molecule has 0 amide bonds. The molecule has 0 aromatic heterocycles. The zero-order valence-corrected chi connectivity index (χ0v) is 14.5. The first-order valence-electron chi connectivity index (χ1n) is 9.42. The fourth-order valence-electron chi connectivity index (χ4n) is 6.54. The largest absolute Gasteiger partial charge is 0.377 e. The van der Waals surface area contributed by atoms with E-state index in [-0.39, 0.29) is 5.41 Å². The lowest BCUT2D eigenvalue weighted by Crippen LogP contribution is -2.52. The van der Waals surface area contributed by atoms with E-state index in [1.807, 2.05) is 6.08 Å². The van der Waals surface area contributed by atoms with Gasteiger partial charge in [0.05, 0.1) is 0 Å². The highest BCUT2D eigenvalue weighted by atomic mass is 16.3. The van der Waals surface area contributed by atoms with Crippen molar-refractivity contribution in [1.82, 2.24) is 0 Å². The molecule has 4 aliphatic carbocycles. The zero-order valence-electron chi connectivity index (χ0n) is 14.5. The summed E-state index contributed by atoms with van der Waals surface area (Å²) in [7, 11) is 0. The summed E-state index contributed by atoms with van der Waals surface area (Å²) in [5.41, 5.74) is 0.355. The first kappa shape index (κ1) is 16.0. The summed E-state index contributed by atoms with van der Waals surface area (Å²) in [6.07, 6.45) is 15.2. The molecule has 3 fully saturated rings. The number of terminal acetylenes is 1. The number of hydrogen-bond acceptors (Lipinski definition) is 2. The van der Waals surface area contributed by atoms with Gasteiger partial charge in [-0.2, -0.15) is 0 Å². The van der Waals surface area contributed by atoms with Crippen LogP contribution in [0.4, 0.5) is 0 Å². The van der Waals surface area contributed by atoms with Gasteiger partial charge in [0.25, 0.3) is 0 Å². The van der Waals surface area contributed by atoms with Crippen molar-refractivity contribution in [3.8, 4) is 24.2 Å². The standard InChI is InChI=1S/C22H26O2/c1-3-4-11-22(24)13-10-20-19-7-5-15-14-16(23)6-8-17(15)18(19)9-12-21(20,22)2/h1,14,17-20,24H,5-10,12-13H2,2H3/t17-,18+,19+,20-,21-,22-/m0/s1. The first-order valence-corrected chi connectivity index (χ1v) is 9.42. The van der Waals surface area contributed by atoms with Gasteiger partial charge in [0, 0.05) is 11.8 Å². The highest BCUT2D eigenvalue weighted by molar-refractivity contribution is 5.91. The van der Waals surface area contributed by atoms with Crippen LogP contribution in [0.25, 0.3) is 0 Å². The van der Waals surface area contributed by atoms with Gasteiger partial charge < -0.3 is 5.11 Å². The molecule has 2 nitrogen and oxygen atoms in total. The lowest BCUT2D eigenvalue weighted by Gasteiger charge is -2.54. The minimum Gasteiger partial charge on any atom is -0.377 e. The molecule has 4 aliphatic rings. The summed E-state index contributed by atoms with van der Waals surface area (Å²) in [6.45, 7) is 2.24. The molecule has 0 aliphatic heterocycles. The third-order valence-corrected chi connectivity index (χ3v) is 7.79. The van der Waals surface area contributed by atoms with Gasteiger partial charge in [-0.05, 0) is 86.5 Å². The van der Waals surface area contributed by atoms with Crippen LogP contribution in [0, 0.1) is 53.3 Å². The number of aliphatic hydroxyl groups is 1. The highest BCUT2D eigenvalue weighted by Gasteiger charge is 2.62. The Kier molecular flexibility index (Phi) is 3.67. The average Bonchev–Trinajstić information content (AvgIpc) is 2.84. The Hall–Kier alpha value is -1.51. The van der Waals surface area contributed by atoms with Crippen LogP contribution in [0.5, 0.6) is 0 Å². The smallest absolute Gasteiger partial charge is 0.155 e. The average molecular weight is 322 g/mol. The van der Waals surface area contributed by atoms with E-state index < -0.39 is 5.60 Å². The Morgan fingerprint density at radius 3 is 2.79 bits per heavy atom. The van der Waals surface area contributed by atoms with E-state index in [2.05, 4.69) is 24.7 Å². The molecule has 126 valence electrons. The van der Waals surface area contributed by atoms with Gasteiger partial charge in [0.2, 0.25) is 0 Å². The second-order valence-electron chi connectivity index (χ2n) is 8.55. The van der Waals surface area contributed by atoms with Crippen molar-refractivity contribution in [1.29, 1.82) is 0 Å². The van der Waals surface area contributed by atoms with Crippen molar-refractivity contribution in [2.45, 2.75) is 63.9 Å². The van der Waals surface area contributed by atoms with E-state index in [1.165, 1.54) is 12.0 Å². The maximum atomic E-state index is 11.8. The van der Waals surface area contributed by atoms with Crippen LogP contribution in [0.1, 0.15) is 58.3 Å². The molecule has 0 saturated heterocycles. The van der Waals surface area contributed by atoms with Crippen molar-refractivity contribution in [2.75, 3.05) is 0 Å². The van der Waals surface area contributed by atoms with Crippen molar-refractivity contribution < 1.29 is 9.90 Å². The van der Waals surface area contributed by atoms with Crippen molar-refractivity contribution in [3.63, 3.8) is 0 Å². The van der Waals surface area contributed by atoms with E-state index in [1.54, 1.807) is 0 Å². The minimum absolute atomic E-state index is 0.135. The molecule has 0 heterocycles. The SMILES string of the molecule is C#CC#C[C@]1(O)CC[C@H]2[C@@H]3CCC4=CC(=O)CC[C@@H]4[C@H]3CC[C@@]21C.